The highest BCUT2D eigenvalue weighted by Gasteiger charge is 2.19. The molecule has 1 N–H and O–H groups in total. The van der Waals surface area contributed by atoms with E-state index in [2.05, 4.69) is 15.0 Å². The van der Waals surface area contributed by atoms with Crippen LogP contribution in [-0.2, 0) is 16.0 Å². The molecule has 0 radical (unpaired) electrons. The monoisotopic (exact) mass is 246 g/mol. The number of carbonyl (C=O) groups excluding carboxylic acids is 2. The molecule has 94 valence electrons. The van der Waals surface area contributed by atoms with Crippen LogP contribution in [0, 0.1) is 0 Å². The van der Waals surface area contributed by atoms with Gasteiger partial charge in [0.25, 0.3) is 0 Å². The maximum absolute atomic E-state index is 11.4. The molecule has 1 aromatic rings. The van der Waals surface area contributed by atoms with Crippen molar-refractivity contribution in [3.8, 4) is 0 Å². The number of nitrogens with one attached hydrogen (secondary N) is 1. The number of hydrogen-bond acceptors (Lipinski definition) is 4. The molecule has 18 heavy (non-hydrogen) atoms. The smallest absolute Gasteiger partial charge is 0.337 e. The largest absolute Gasteiger partial charge is 0.465 e. The summed E-state index contributed by atoms with van der Waals surface area (Å²) < 4.78 is 4.68. The highest BCUT2D eigenvalue weighted by Crippen LogP contribution is 2.24. The molecule has 1 aromatic carbocycles. The van der Waals surface area contributed by atoms with Crippen LogP contribution >= 0.6 is 0 Å². The summed E-state index contributed by atoms with van der Waals surface area (Å²) in [5, 5.41) is 2.75. The molecule has 5 nitrogen and oxygen atoms in total. The Hall–Kier alpha value is -2.17. The molecule has 5 heteroatoms. The molecule has 1 heterocycles. The van der Waals surface area contributed by atoms with Crippen LogP contribution in [0.4, 0.5) is 0 Å². The van der Waals surface area contributed by atoms with E-state index in [1.807, 2.05) is 0 Å². The minimum absolute atomic E-state index is 0.137. The second-order valence-electron chi connectivity index (χ2n) is 4.04. The molecule has 0 fully saturated rings. The summed E-state index contributed by atoms with van der Waals surface area (Å²) in [4.78, 5) is 26.7. The lowest BCUT2D eigenvalue weighted by molar-refractivity contribution is -0.119. The Morgan fingerprint density at radius 1 is 1.44 bits per heavy atom. The number of aliphatic imine (C=N–C) groups is 1. The minimum Gasteiger partial charge on any atom is -0.465 e. The first-order chi connectivity index (χ1) is 8.61. The zero-order chi connectivity index (χ0) is 13.1. The first kappa shape index (κ1) is 12.3. The Labute approximate surface area is 105 Å². The zero-order valence-electron chi connectivity index (χ0n) is 10.3. The number of rotatable bonds is 2. The molecular weight excluding hydrogens is 232 g/mol. The summed E-state index contributed by atoms with van der Waals surface area (Å²) in [6, 6.07) is 5.26. The molecule has 0 saturated heterocycles. The SMILES string of the molecule is COC(=O)c1ccc2c(c1)CC=NC2NC(C)=O. The first-order valence-electron chi connectivity index (χ1n) is 5.61. The van der Waals surface area contributed by atoms with Gasteiger partial charge in [-0.1, -0.05) is 6.07 Å². The van der Waals surface area contributed by atoms with Gasteiger partial charge in [-0.25, -0.2) is 4.79 Å². The number of methoxy groups -OCH3 is 1. The Morgan fingerprint density at radius 2 is 2.22 bits per heavy atom. The highest BCUT2D eigenvalue weighted by molar-refractivity contribution is 5.90. The fourth-order valence-electron chi connectivity index (χ4n) is 1.94. The van der Waals surface area contributed by atoms with Crippen molar-refractivity contribution >= 4 is 18.1 Å². The van der Waals surface area contributed by atoms with Crippen molar-refractivity contribution < 1.29 is 14.3 Å². The maximum atomic E-state index is 11.4. The number of amides is 1. The number of fused-ring (bicyclic) bond motifs is 1. The normalized spacial score (nSPS) is 16.9. The lowest BCUT2D eigenvalue weighted by atomic mass is 9.97. The van der Waals surface area contributed by atoms with Crippen molar-refractivity contribution in [1.82, 2.24) is 5.32 Å². The van der Waals surface area contributed by atoms with Gasteiger partial charge in [0.15, 0.2) is 0 Å². The summed E-state index contributed by atoms with van der Waals surface area (Å²) in [5.41, 5.74) is 2.40. The molecule has 0 aromatic heterocycles. The van der Waals surface area contributed by atoms with Gasteiger partial charge in [0.1, 0.15) is 6.17 Å². The quantitative estimate of drug-likeness (QED) is 0.798. The first-order valence-corrected chi connectivity index (χ1v) is 5.61. The molecule has 0 aliphatic carbocycles. The number of benzene rings is 1. The average molecular weight is 246 g/mol. The Morgan fingerprint density at radius 3 is 2.89 bits per heavy atom. The molecule has 1 aliphatic rings. The van der Waals surface area contributed by atoms with Crippen LogP contribution in [0.1, 0.15) is 34.6 Å². The van der Waals surface area contributed by atoms with Crippen molar-refractivity contribution in [1.29, 1.82) is 0 Å². The lowest BCUT2D eigenvalue weighted by Gasteiger charge is -2.21. The zero-order valence-corrected chi connectivity index (χ0v) is 10.3. The molecule has 1 amide bonds. The van der Waals surface area contributed by atoms with E-state index in [4.69, 9.17) is 0 Å². The second-order valence-corrected chi connectivity index (χ2v) is 4.04. The number of nitrogens with zero attached hydrogens (tertiary/aromatic N) is 1. The molecule has 1 aliphatic heterocycles. The van der Waals surface area contributed by atoms with E-state index in [9.17, 15) is 9.59 Å². The topological polar surface area (TPSA) is 67.8 Å². The highest BCUT2D eigenvalue weighted by atomic mass is 16.5. The van der Waals surface area contributed by atoms with E-state index in [0.29, 0.717) is 12.0 Å². The van der Waals surface area contributed by atoms with Crippen LogP contribution in [0.5, 0.6) is 0 Å². The van der Waals surface area contributed by atoms with Crippen LogP contribution in [0.3, 0.4) is 0 Å². The Balaban J connectivity index is 2.33. The minimum atomic E-state index is -0.364. The number of ether oxygens (including phenoxy) is 1. The van der Waals surface area contributed by atoms with Crippen molar-refractivity contribution in [2.45, 2.75) is 19.5 Å². The van der Waals surface area contributed by atoms with Crippen molar-refractivity contribution in [3.63, 3.8) is 0 Å². The third-order valence-corrected chi connectivity index (χ3v) is 2.76. The van der Waals surface area contributed by atoms with Crippen LogP contribution in [-0.4, -0.2) is 25.2 Å². The van der Waals surface area contributed by atoms with Crippen LogP contribution in [0.25, 0.3) is 0 Å². The van der Waals surface area contributed by atoms with Gasteiger partial charge in [-0.15, -0.1) is 0 Å². The molecule has 0 saturated carbocycles. The van der Waals surface area contributed by atoms with E-state index in [0.717, 1.165) is 11.1 Å². The van der Waals surface area contributed by atoms with Gasteiger partial charge in [-0.05, 0) is 23.3 Å². The van der Waals surface area contributed by atoms with E-state index in [1.165, 1.54) is 14.0 Å². The fraction of sp³-hybridized carbons (Fsp3) is 0.308. The van der Waals surface area contributed by atoms with E-state index in [-0.39, 0.29) is 18.0 Å². The van der Waals surface area contributed by atoms with Gasteiger partial charge in [0.05, 0.1) is 12.7 Å². The Kier molecular flexibility index (Phi) is 3.41. The van der Waals surface area contributed by atoms with Crippen molar-refractivity contribution in [2.24, 2.45) is 4.99 Å². The number of esters is 1. The molecule has 1 unspecified atom stereocenters. The average Bonchev–Trinajstić information content (AvgIpc) is 2.37. The summed E-state index contributed by atoms with van der Waals surface area (Å²) in [6.45, 7) is 1.45. The lowest BCUT2D eigenvalue weighted by Crippen LogP contribution is -2.27. The van der Waals surface area contributed by atoms with Gasteiger partial charge < -0.3 is 10.1 Å². The second kappa shape index (κ2) is 5.00. The summed E-state index contributed by atoms with van der Waals surface area (Å²) in [7, 11) is 1.35. The molecule has 1 atom stereocenters. The summed E-state index contributed by atoms with van der Waals surface area (Å²) in [5.74, 6) is -0.501. The van der Waals surface area contributed by atoms with Gasteiger partial charge in [0.2, 0.25) is 5.91 Å². The van der Waals surface area contributed by atoms with Crippen LogP contribution < -0.4 is 5.32 Å². The predicted octanol–water partition coefficient (Wildman–Crippen LogP) is 1.23. The third kappa shape index (κ3) is 2.40. The van der Waals surface area contributed by atoms with Crippen molar-refractivity contribution in [3.05, 3.63) is 34.9 Å². The van der Waals surface area contributed by atoms with Gasteiger partial charge >= 0.3 is 5.97 Å². The standard InChI is InChI=1S/C13H14N2O3/c1-8(16)15-12-11-4-3-10(13(17)18-2)7-9(11)5-6-14-12/h3-4,6-7,12H,5H2,1-2H3,(H,15,16). The van der Waals surface area contributed by atoms with Gasteiger partial charge in [-0.3, -0.25) is 9.79 Å². The maximum Gasteiger partial charge on any atom is 0.337 e. The summed E-state index contributed by atoms with van der Waals surface area (Å²) in [6.07, 6.45) is 2.03. The number of hydrogen-bond donors (Lipinski definition) is 1. The van der Waals surface area contributed by atoms with Crippen molar-refractivity contribution in [2.75, 3.05) is 7.11 Å². The molecule has 0 bridgehead atoms. The van der Waals surface area contributed by atoms with Crippen LogP contribution in [0.2, 0.25) is 0 Å². The van der Waals surface area contributed by atoms with Gasteiger partial charge in [-0.2, -0.15) is 0 Å². The van der Waals surface area contributed by atoms with Gasteiger partial charge in [0, 0.05) is 19.6 Å². The van der Waals surface area contributed by atoms with E-state index >= 15 is 0 Å². The van der Waals surface area contributed by atoms with E-state index < -0.39 is 0 Å². The fourth-order valence-corrected chi connectivity index (χ4v) is 1.94. The third-order valence-electron chi connectivity index (χ3n) is 2.76. The molecule has 2 rings (SSSR count). The summed E-state index contributed by atoms with van der Waals surface area (Å²) >= 11 is 0. The molecule has 0 spiro atoms. The predicted molar refractivity (Wildman–Crippen MR) is 66.5 cm³/mol. The molecular formula is C13H14N2O3. The van der Waals surface area contributed by atoms with Crippen LogP contribution in [0.15, 0.2) is 23.2 Å². The number of carbonyl (C=O) groups is 2. The van der Waals surface area contributed by atoms with E-state index in [1.54, 1.807) is 24.4 Å². The Bertz CT molecular complexity index is 523.